The third-order valence-corrected chi connectivity index (χ3v) is 4.30. The Balaban J connectivity index is 1.81. The first kappa shape index (κ1) is 21.7. The SMILES string of the molecule is CC(C)C(=O)Nc1ccc(C(=O)NNC(=O)COc2ccc(Br)cc2Cl)cc1. The van der Waals surface area contributed by atoms with Crippen molar-refractivity contribution in [1.29, 1.82) is 0 Å². The fourth-order valence-electron chi connectivity index (χ4n) is 1.96. The van der Waals surface area contributed by atoms with E-state index in [1.165, 1.54) is 12.1 Å². The van der Waals surface area contributed by atoms with Crippen LogP contribution in [0.5, 0.6) is 5.75 Å². The lowest BCUT2D eigenvalue weighted by molar-refractivity contribution is -0.123. The smallest absolute Gasteiger partial charge is 0.276 e. The summed E-state index contributed by atoms with van der Waals surface area (Å²) >= 11 is 9.27. The van der Waals surface area contributed by atoms with Crippen molar-refractivity contribution in [2.24, 2.45) is 5.92 Å². The zero-order valence-corrected chi connectivity index (χ0v) is 17.6. The Kier molecular flexibility index (Phi) is 7.83. The number of amides is 3. The molecule has 0 radical (unpaired) electrons. The number of rotatable bonds is 6. The molecule has 0 aliphatic carbocycles. The second-order valence-corrected chi connectivity index (χ2v) is 7.41. The third-order valence-electron chi connectivity index (χ3n) is 3.51. The summed E-state index contributed by atoms with van der Waals surface area (Å²) in [5.41, 5.74) is 5.45. The largest absolute Gasteiger partial charge is 0.482 e. The lowest BCUT2D eigenvalue weighted by atomic mass is 10.1. The van der Waals surface area contributed by atoms with Gasteiger partial charge in [0.1, 0.15) is 5.75 Å². The molecule has 0 saturated carbocycles. The minimum absolute atomic E-state index is 0.115. The minimum Gasteiger partial charge on any atom is -0.482 e. The van der Waals surface area contributed by atoms with Gasteiger partial charge in [0.15, 0.2) is 6.61 Å². The number of carbonyl (C=O) groups excluding carboxylic acids is 3. The van der Waals surface area contributed by atoms with Gasteiger partial charge in [-0.2, -0.15) is 0 Å². The Bertz CT molecular complexity index is 872. The maximum atomic E-state index is 12.1. The summed E-state index contributed by atoms with van der Waals surface area (Å²) in [4.78, 5) is 35.5. The molecule has 3 N–H and O–H groups in total. The molecule has 3 amide bonds. The van der Waals surface area contributed by atoms with Crippen LogP contribution in [0.1, 0.15) is 24.2 Å². The van der Waals surface area contributed by atoms with Crippen LogP contribution in [-0.2, 0) is 9.59 Å². The molecule has 0 heterocycles. The zero-order chi connectivity index (χ0) is 20.7. The van der Waals surface area contributed by atoms with Crippen molar-refractivity contribution < 1.29 is 19.1 Å². The van der Waals surface area contributed by atoms with Crippen molar-refractivity contribution in [3.05, 3.63) is 57.5 Å². The Morgan fingerprint density at radius 2 is 1.75 bits per heavy atom. The van der Waals surface area contributed by atoms with E-state index in [9.17, 15) is 14.4 Å². The van der Waals surface area contributed by atoms with Crippen LogP contribution in [0.3, 0.4) is 0 Å². The Labute approximate surface area is 175 Å². The predicted octanol–water partition coefficient (Wildman–Crippen LogP) is 3.54. The Hall–Kier alpha value is -2.58. The standard InChI is InChI=1S/C19H19BrClN3O4/c1-11(2)18(26)22-14-6-3-12(4-7-14)19(27)24-23-17(25)10-28-16-8-5-13(20)9-15(16)21/h3-9,11H,10H2,1-2H3,(H,22,26)(H,23,25)(H,24,27). The highest BCUT2D eigenvalue weighted by Gasteiger charge is 2.11. The molecule has 0 spiro atoms. The molecule has 0 saturated heterocycles. The number of benzene rings is 2. The van der Waals surface area contributed by atoms with Gasteiger partial charge in [0.25, 0.3) is 11.8 Å². The van der Waals surface area contributed by atoms with Gasteiger partial charge in [-0.3, -0.25) is 25.2 Å². The molecule has 0 aliphatic heterocycles. The van der Waals surface area contributed by atoms with Gasteiger partial charge in [0.05, 0.1) is 5.02 Å². The first-order valence-corrected chi connectivity index (χ1v) is 9.51. The molecular formula is C19H19BrClN3O4. The van der Waals surface area contributed by atoms with Gasteiger partial charge in [-0.25, -0.2) is 0 Å². The summed E-state index contributed by atoms with van der Waals surface area (Å²) in [6.45, 7) is 3.25. The van der Waals surface area contributed by atoms with E-state index in [2.05, 4.69) is 32.1 Å². The first-order valence-electron chi connectivity index (χ1n) is 8.34. The van der Waals surface area contributed by atoms with Crippen molar-refractivity contribution in [1.82, 2.24) is 10.9 Å². The van der Waals surface area contributed by atoms with Gasteiger partial charge in [-0.05, 0) is 42.5 Å². The van der Waals surface area contributed by atoms with E-state index in [1.54, 1.807) is 44.2 Å². The van der Waals surface area contributed by atoms with Gasteiger partial charge in [0, 0.05) is 21.6 Å². The molecule has 2 aromatic rings. The molecule has 28 heavy (non-hydrogen) atoms. The summed E-state index contributed by atoms with van der Waals surface area (Å²) < 4.78 is 6.10. The van der Waals surface area contributed by atoms with Crippen molar-refractivity contribution >= 4 is 50.9 Å². The molecule has 0 atom stereocenters. The number of hydrogen-bond donors (Lipinski definition) is 3. The number of carbonyl (C=O) groups is 3. The van der Waals surface area contributed by atoms with Crippen LogP contribution >= 0.6 is 27.5 Å². The van der Waals surface area contributed by atoms with Gasteiger partial charge < -0.3 is 10.1 Å². The molecule has 148 valence electrons. The highest BCUT2D eigenvalue weighted by atomic mass is 79.9. The van der Waals surface area contributed by atoms with Crippen LogP contribution in [0.15, 0.2) is 46.9 Å². The normalized spacial score (nSPS) is 10.3. The number of hydrazine groups is 1. The first-order chi connectivity index (χ1) is 13.3. The monoisotopic (exact) mass is 467 g/mol. The molecule has 0 unspecified atom stereocenters. The number of hydrogen-bond acceptors (Lipinski definition) is 4. The molecule has 2 rings (SSSR count). The van der Waals surface area contributed by atoms with Gasteiger partial charge >= 0.3 is 0 Å². The molecular weight excluding hydrogens is 450 g/mol. The molecule has 9 heteroatoms. The molecule has 0 bridgehead atoms. The Morgan fingerprint density at radius 1 is 1.07 bits per heavy atom. The van der Waals surface area contributed by atoms with Crippen LogP contribution in [0, 0.1) is 5.92 Å². The summed E-state index contributed by atoms with van der Waals surface area (Å²) in [5.74, 6) is -0.960. The number of ether oxygens (including phenoxy) is 1. The fourth-order valence-corrected chi connectivity index (χ4v) is 2.69. The zero-order valence-electron chi connectivity index (χ0n) is 15.2. The van der Waals surface area contributed by atoms with Crippen molar-refractivity contribution in [2.45, 2.75) is 13.8 Å². The van der Waals surface area contributed by atoms with Crippen LogP contribution < -0.4 is 20.9 Å². The van der Waals surface area contributed by atoms with Crippen molar-refractivity contribution in [2.75, 3.05) is 11.9 Å². The average molecular weight is 469 g/mol. The molecule has 7 nitrogen and oxygen atoms in total. The summed E-state index contributed by atoms with van der Waals surface area (Å²) in [6.07, 6.45) is 0. The maximum Gasteiger partial charge on any atom is 0.276 e. The topological polar surface area (TPSA) is 96.5 Å². The molecule has 0 fully saturated rings. The molecule has 2 aromatic carbocycles. The Morgan fingerprint density at radius 3 is 2.36 bits per heavy atom. The van der Waals surface area contributed by atoms with Crippen LogP contribution in [-0.4, -0.2) is 24.3 Å². The van der Waals surface area contributed by atoms with Gasteiger partial charge in [0.2, 0.25) is 5.91 Å². The van der Waals surface area contributed by atoms with E-state index >= 15 is 0 Å². The number of halogens is 2. The van der Waals surface area contributed by atoms with E-state index in [1.807, 2.05) is 0 Å². The minimum atomic E-state index is -0.548. The third kappa shape index (κ3) is 6.54. The van der Waals surface area contributed by atoms with E-state index in [0.29, 0.717) is 22.0 Å². The second-order valence-electron chi connectivity index (χ2n) is 6.09. The molecule has 0 aromatic heterocycles. The number of anilines is 1. The van der Waals surface area contributed by atoms with E-state index in [-0.39, 0.29) is 18.4 Å². The lowest BCUT2D eigenvalue weighted by Gasteiger charge is -2.11. The predicted molar refractivity (Wildman–Crippen MR) is 110 cm³/mol. The average Bonchev–Trinajstić information content (AvgIpc) is 2.65. The van der Waals surface area contributed by atoms with Crippen molar-refractivity contribution in [3.8, 4) is 5.75 Å². The van der Waals surface area contributed by atoms with Crippen LogP contribution in [0.25, 0.3) is 0 Å². The van der Waals surface area contributed by atoms with Gasteiger partial charge in [-0.15, -0.1) is 0 Å². The second kappa shape index (κ2) is 10.1. The highest BCUT2D eigenvalue weighted by molar-refractivity contribution is 9.10. The van der Waals surface area contributed by atoms with Crippen LogP contribution in [0.2, 0.25) is 5.02 Å². The van der Waals surface area contributed by atoms with Crippen molar-refractivity contribution in [3.63, 3.8) is 0 Å². The quantitative estimate of drug-likeness (QED) is 0.565. The summed E-state index contributed by atoms with van der Waals surface area (Å²) in [6, 6.07) is 11.3. The fraction of sp³-hybridized carbons (Fsp3) is 0.211. The lowest BCUT2D eigenvalue weighted by Crippen LogP contribution is -2.43. The summed E-state index contributed by atoms with van der Waals surface area (Å²) in [5, 5.41) is 3.08. The van der Waals surface area contributed by atoms with E-state index in [0.717, 1.165) is 4.47 Å². The van der Waals surface area contributed by atoms with E-state index < -0.39 is 11.8 Å². The van der Waals surface area contributed by atoms with E-state index in [4.69, 9.17) is 16.3 Å². The molecule has 0 aliphatic rings. The highest BCUT2D eigenvalue weighted by Crippen LogP contribution is 2.27. The maximum absolute atomic E-state index is 12.1. The van der Waals surface area contributed by atoms with Crippen LogP contribution in [0.4, 0.5) is 5.69 Å². The van der Waals surface area contributed by atoms with Gasteiger partial charge in [-0.1, -0.05) is 41.4 Å². The number of nitrogens with one attached hydrogen (secondary N) is 3. The summed E-state index contributed by atoms with van der Waals surface area (Å²) in [7, 11) is 0.